The monoisotopic (exact) mass is 336 g/mol. The van der Waals surface area contributed by atoms with E-state index in [0.29, 0.717) is 0 Å². The molecule has 1 atom stereocenters. The van der Waals surface area contributed by atoms with E-state index in [2.05, 4.69) is 48.0 Å². The van der Waals surface area contributed by atoms with Crippen molar-refractivity contribution in [2.45, 2.75) is 39.2 Å². The number of thiophene rings is 1. The summed E-state index contributed by atoms with van der Waals surface area (Å²) in [6, 6.07) is 6.39. The van der Waals surface area contributed by atoms with Crippen molar-refractivity contribution in [1.29, 1.82) is 0 Å². The van der Waals surface area contributed by atoms with Gasteiger partial charge < -0.3 is 5.11 Å². The molecular formula is C16H17BrOS. The standard InChI is InChI=1S/C16H17BrOS/c1-9-7-13(17)10(2)6-12(9)16(18)15-8-11-4-3-5-14(11)19-15/h6-8,16,18H,3-5H2,1-2H3. The van der Waals surface area contributed by atoms with Gasteiger partial charge >= 0.3 is 0 Å². The molecule has 2 aromatic rings. The molecule has 0 saturated heterocycles. The minimum atomic E-state index is -0.484. The molecule has 0 bridgehead atoms. The van der Waals surface area contributed by atoms with Crippen LogP contribution >= 0.6 is 27.3 Å². The molecule has 1 aromatic heterocycles. The van der Waals surface area contributed by atoms with Gasteiger partial charge in [-0.3, -0.25) is 0 Å². The first kappa shape index (κ1) is 13.3. The van der Waals surface area contributed by atoms with Crippen molar-refractivity contribution in [3.05, 3.63) is 54.7 Å². The Morgan fingerprint density at radius 1 is 1.16 bits per heavy atom. The van der Waals surface area contributed by atoms with Gasteiger partial charge in [0.2, 0.25) is 0 Å². The highest BCUT2D eigenvalue weighted by Crippen LogP contribution is 2.37. The van der Waals surface area contributed by atoms with Crippen LogP contribution in [0.4, 0.5) is 0 Å². The molecule has 0 radical (unpaired) electrons. The molecule has 0 aliphatic heterocycles. The molecule has 1 heterocycles. The van der Waals surface area contributed by atoms with E-state index >= 15 is 0 Å². The van der Waals surface area contributed by atoms with Gasteiger partial charge in [0.1, 0.15) is 6.10 Å². The summed E-state index contributed by atoms with van der Waals surface area (Å²) in [6.45, 7) is 4.12. The fourth-order valence-corrected chi connectivity index (χ4v) is 4.46. The molecule has 1 aliphatic rings. The summed E-state index contributed by atoms with van der Waals surface area (Å²) in [4.78, 5) is 2.56. The third-order valence-electron chi connectivity index (χ3n) is 3.88. The number of benzene rings is 1. The predicted octanol–water partition coefficient (Wildman–Crippen LogP) is 4.70. The fourth-order valence-electron chi connectivity index (χ4n) is 2.74. The van der Waals surface area contributed by atoms with Crippen LogP contribution < -0.4 is 0 Å². The lowest BCUT2D eigenvalue weighted by Crippen LogP contribution is -2.01. The molecule has 1 aliphatic carbocycles. The zero-order valence-electron chi connectivity index (χ0n) is 11.2. The van der Waals surface area contributed by atoms with Gasteiger partial charge in [0.25, 0.3) is 0 Å². The first-order valence-electron chi connectivity index (χ1n) is 6.62. The number of hydrogen-bond donors (Lipinski definition) is 1. The summed E-state index contributed by atoms with van der Waals surface area (Å²) in [5, 5.41) is 10.6. The Labute approximate surface area is 126 Å². The number of aliphatic hydroxyl groups is 1. The van der Waals surface area contributed by atoms with Gasteiger partial charge in [0, 0.05) is 14.2 Å². The molecule has 1 nitrogen and oxygen atoms in total. The first-order valence-corrected chi connectivity index (χ1v) is 8.23. The summed E-state index contributed by atoms with van der Waals surface area (Å²) in [5.74, 6) is 0. The van der Waals surface area contributed by atoms with Gasteiger partial charge in [-0.1, -0.05) is 22.0 Å². The van der Waals surface area contributed by atoms with Gasteiger partial charge in [0.05, 0.1) is 0 Å². The number of rotatable bonds is 2. The van der Waals surface area contributed by atoms with Crippen molar-refractivity contribution in [2.24, 2.45) is 0 Å². The third kappa shape index (κ3) is 2.39. The summed E-state index contributed by atoms with van der Waals surface area (Å²) in [6.07, 6.45) is 3.15. The number of aryl methyl sites for hydroxylation is 4. The summed E-state index contributed by atoms with van der Waals surface area (Å²) < 4.78 is 1.11. The van der Waals surface area contributed by atoms with Gasteiger partial charge in [0.15, 0.2) is 0 Å². The Hall–Kier alpha value is -0.640. The Morgan fingerprint density at radius 3 is 2.68 bits per heavy atom. The molecule has 1 aromatic carbocycles. The van der Waals surface area contributed by atoms with Crippen LogP contribution in [0.2, 0.25) is 0 Å². The van der Waals surface area contributed by atoms with E-state index in [1.165, 1.54) is 35.3 Å². The summed E-state index contributed by atoms with van der Waals surface area (Å²) >= 11 is 5.32. The Bertz CT molecular complexity index is 608. The van der Waals surface area contributed by atoms with Crippen molar-refractivity contribution in [3.8, 4) is 0 Å². The quantitative estimate of drug-likeness (QED) is 0.842. The number of halogens is 1. The zero-order chi connectivity index (χ0) is 13.6. The van der Waals surface area contributed by atoms with Crippen LogP contribution in [0, 0.1) is 13.8 Å². The van der Waals surface area contributed by atoms with Crippen LogP contribution in [-0.4, -0.2) is 5.11 Å². The molecule has 19 heavy (non-hydrogen) atoms. The van der Waals surface area contributed by atoms with Crippen LogP contribution in [0.15, 0.2) is 22.7 Å². The van der Waals surface area contributed by atoms with E-state index in [0.717, 1.165) is 20.5 Å². The van der Waals surface area contributed by atoms with Crippen LogP contribution in [0.3, 0.4) is 0 Å². The normalized spacial score (nSPS) is 15.6. The minimum Gasteiger partial charge on any atom is -0.383 e. The zero-order valence-corrected chi connectivity index (χ0v) is 13.6. The Morgan fingerprint density at radius 2 is 1.95 bits per heavy atom. The second kappa shape index (κ2) is 5.04. The molecule has 1 unspecified atom stereocenters. The van der Waals surface area contributed by atoms with E-state index < -0.39 is 6.10 Å². The molecule has 3 heteroatoms. The SMILES string of the molecule is Cc1cc(C(O)c2cc3c(s2)CCC3)c(C)cc1Br. The third-order valence-corrected chi connectivity index (χ3v) is 6.02. The maximum Gasteiger partial charge on any atom is 0.113 e. The van der Waals surface area contributed by atoms with Gasteiger partial charge in [-0.2, -0.15) is 0 Å². The molecule has 0 spiro atoms. The van der Waals surface area contributed by atoms with Gasteiger partial charge in [-0.05, 0) is 67.5 Å². The lowest BCUT2D eigenvalue weighted by molar-refractivity contribution is 0.223. The summed E-state index contributed by atoms with van der Waals surface area (Å²) in [5.41, 5.74) is 4.79. The lowest BCUT2D eigenvalue weighted by atomic mass is 9.99. The van der Waals surface area contributed by atoms with Crippen LogP contribution in [0.25, 0.3) is 0 Å². The average Bonchev–Trinajstić information content (AvgIpc) is 2.93. The first-order chi connectivity index (χ1) is 9.06. The topological polar surface area (TPSA) is 20.2 Å². The summed E-state index contributed by atoms with van der Waals surface area (Å²) in [7, 11) is 0. The van der Waals surface area contributed by atoms with Gasteiger partial charge in [-0.15, -0.1) is 11.3 Å². The molecular weight excluding hydrogens is 320 g/mol. The smallest absolute Gasteiger partial charge is 0.113 e. The van der Waals surface area contributed by atoms with Crippen LogP contribution in [0.5, 0.6) is 0 Å². The van der Waals surface area contributed by atoms with E-state index in [9.17, 15) is 5.11 Å². The van der Waals surface area contributed by atoms with Crippen molar-refractivity contribution >= 4 is 27.3 Å². The second-order valence-electron chi connectivity index (χ2n) is 5.31. The predicted molar refractivity (Wildman–Crippen MR) is 84.0 cm³/mol. The van der Waals surface area contributed by atoms with Crippen LogP contribution in [-0.2, 0) is 12.8 Å². The highest BCUT2D eigenvalue weighted by atomic mass is 79.9. The minimum absolute atomic E-state index is 0.484. The molecule has 0 fully saturated rings. The Balaban J connectivity index is 1.99. The van der Waals surface area contributed by atoms with Crippen molar-refractivity contribution in [2.75, 3.05) is 0 Å². The highest BCUT2D eigenvalue weighted by molar-refractivity contribution is 9.10. The number of aliphatic hydroxyl groups excluding tert-OH is 1. The molecule has 1 N–H and O–H groups in total. The number of fused-ring (bicyclic) bond motifs is 1. The molecule has 100 valence electrons. The van der Waals surface area contributed by atoms with E-state index in [1.54, 1.807) is 11.3 Å². The maximum absolute atomic E-state index is 10.6. The maximum atomic E-state index is 10.6. The van der Waals surface area contributed by atoms with E-state index in [-0.39, 0.29) is 0 Å². The second-order valence-corrected chi connectivity index (χ2v) is 7.33. The van der Waals surface area contributed by atoms with Crippen molar-refractivity contribution < 1.29 is 5.11 Å². The van der Waals surface area contributed by atoms with Crippen LogP contribution in [0.1, 0.15) is 44.5 Å². The lowest BCUT2D eigenvalue weighted by Gasteiger charge is -2.14. The average molecular weight is 337 g/mol. The van der Waals surface area contributed by atoms with E-state index in [1.807, 2.05) is 0 Å². The molecule has 0 amide bonds. The fraction of sp³-hybridized carbons (Fsp3) is 0.375. The largest absolute Gasteiger partial charge is 0.383 e. The Kier molecular flexibility index (Phi) is 3.54. The highest BCUT2D eigenvalue weighted by Gasteiger charge is 2.21. The van der Waals surface area contributed by atoms with Crippen molar-refractivity contribution in [1.82, 2.24) is 0 Å². The van der Waals surface area contributed by atoms with Crippen molar-refractivity contribution in [3.63, 3.8) is 0 Å². The van der Waals surface area contributed by atoms with E-state index in [4.69, 9.17) is 0 Å². The number of hydrogen-bond acceptors (Lipinski definition) is 2. The molecule has 3 rings (SSSR count). The molecule has 0 saturated carbocycles. The van der Waals surface area contributed by atoms with Gasteiger partial charge in [-0.25, -0.2) is 0 Å².